The molecule has 0 saturated carbocycles. The number of hydrogen-bond acceptors (Lipinski definition) is 2. The van der Waals surface area contributed by atoms with Crippen molar-refractivity contribution in [3.8, 4) is 17.1 Å². The van der Waals surface area contributed by atoms with Crippen molar-refractivity contribution < 1.29 is 26.7 Å². The summed E-state index contributed by atoms with van der Waals surface area (Å²) in [6.45, 7) is -3.09. The van der Waals surface area contributed by atoms with Crippen LogP contribution in [0.1, 0.15) is 5.56 Å². The van der Waals surface area contributed by atoms with Crippen LogP contribution in [0.15, 0.2) is 42.5 Å². The van der Waals surface area contributed by atoms with Gasteiger partial charge in [0.2, 0.25) is 5.88 Å². The second kappa shape index (κ2) is 5.44. The zero-order valence-corrected chi connectivity index (χ0v) is 9.86. The summed E-state index contributed by atoms with van der Waals surface area (Å²) < 4.78 is 66.8. The zero-order chi connectivity index (χ0) is 14.8. The van der Waals surface area contributed by atoms with Crippen LogP contribution in [0.4, 0.5) is 22.0 Å². The van der Waals surface area contributed by atoms with Crippen LogP contribution >= 0.6 is 0 Å². The van der Waals surface area contributed by atoms with E-state index in [0.29, 0.717) is 0 Å². The van der Waals surface area contributed by atoms with E-state index in [9.17, 15) is 22.0 Å². The monoisotopic (exact) mass is 289 g/mol. The molecular formula is C13H8F5NO. The van der Waals surface area contributed by atoms with Crippen LogP contribution in [0.25, 0.3) is 11.3 Å². The molecule has 2 rings (SSSR count). The molecule has 0 aliphatic rings. The molecule has 0 spiro atoms. The average Bonchev–Trinajstić information content (AvgIpc) is 2.37. The molecule has 2 aromatic rings. The summed E-state index contributed by atoms with van der Waals surface area (Å²) in [6, 6.07) is 8.51. The highest BCUT2D eigenvalue weighted by molar-refractivity contribution is 5.64. The van der Waals surface area contributed by atoms with Crippen LogP contribution in [0.5, 0.6) is 5.88 Å². The molecule has 0 amide bonds. The van der Waals surface area contributed by atoms with Crippen LogP contribution in [0, 0.1) is 0 Å². The molecule has 0 aliphatic heterocycles. The fraction of sp³-hybridized carbons (Fsp3) is 0.154. The number of halogens is 5. The molecule has 0 unspecified atom stereocenters. The van der Waals surface area contributed by atoms with E-state index in [1.807, 2.05) is 0 Å². The molecule has 2 nitrogen and oxygen atoms in total. The molecule has 0 N–H and O–H groups in total. The molecule has 0 fully saturated rings. The minimum atomic E-state index is -4.56. The number of hydrogen-bond donors (Lipinski definition) is 0. The van der Waals surface area contributed by atoms with E-state index in [0.717, 1.165) is 12.1 Å². The smallest absolute Gasteiger partial charge is 0.417 e. The Kier molecular flexibility index (Phi) is 3.87. The van der Waals surface area contributed by atoms with Crippen LogP contribution in [0.3, 0.4) is 0 Å². The van der Waals surface area contributed by atoms with E-state index in [1.165, 1.54) is 30.3 Å². The Bertz CT molecular complexity index is 597. The lowest BCUT2D eigenvalue weighted by atomic mass is 10.0. The maximum absolute atomic E-state index is 12.9. The third kappa shape index (κ3) is 3.23. The molecule has 0 saturated heterocycles. The van der Waals surface area contributed by atoms with Gasteiger partial charge in [-0.05, 0) is 12.1 Å². The molecule has 1 heterocycles. The Morgan fingerprint density at radius 1 is 0.950 bits per heavy atom. The van der Waals surface area contributed by atoms with E-state index < -0.39 is 24.2 Å². The van der Waals surface area contributed by atoms with Gasteiger partial charge in [0.25, 0.3) is 0 Å². The standard InChI is InChI=1S/C13H8F5NO/c14-12(15)20-11-7-3-6-10(19-11)8-4-1-2-5-9(8)13(16,17)18/h1-7,12H. The summed E-state index contributed by atoms with van der Waals surface area (Å²) in [7, 11) is 0. The second-order valence-corrected chi connectivity index (χ2v) is 3.78. The first kappa shape index (κ1) is 14.2. The fourth-order valence-corrected chi connectivity index (χ4v) is 1.68. The van der Waals surface area contributed by atoms with Crippen LogP contribution < -0.4 is 4.74 Å². The van der Waals surface area contributed by atoms with Gasteiger partial charge in [0.15, 0.2) is 0 Å². The van der Waals surface area contributed by atoms with Gasteiger partial charge in [0.1, 0.15) is 0 Å². The van der Waals surface area contributed by atoms with Gasteiger partial charge in [-0.1, -0.05) is 24.3 Å². The lowest BCUT2D eigenvalue weighted by molar-refractivity contribution is -0.137. The number of rotatable bonds is 3. The molecular weight excluding hydrogens is 281 g/mol. The van der Waals surface area contributed by atoms with Gasteiger partial charge in [0.05, 0.1) is 11.3 Å². The number of benzene rings is 1. The highest BCUT2D eigenvalue weighted by atomic mass is 19.4. The van der Waals surface area contributed by atoms with Crippen molar-refractivity contribution in [2.75, 3.05) is 0 Å². The molecule has 1 aromatic carbocycles. The molecule has 1 aromatic heterocycles. The summed E-state index contributed by atoms with van der Waals surface area (Å²) in [5.41, 5.74) is -1.17. The Balaban J connectivity index is 2.47. The maximum Gasteiger partial charge on any atom is 0.417 e. The lowest BCUT2D eigenvalue weighted by Gasteiger charge is -2.12. The largest absolute Gasteiger partial charge is 0.417 e. The van der Waals surface area contributed by atoms with Crippen molar-refractivity contribution >= 4 is 0 Å². The minimum absolute atomic E-state index is 0.0870. The summed E-state index contributed by atoms with van der Waals surface area (Å²) in [4.78, 5) is 3.66. The van der Waals surface area contributed by atoms with Crippen molar-refractivity contribution in [1.29, 1.82) is 0 Å². The van der Waals surface area contributed by atoms with Crippen molar-refractivity contribution in [3.05, 3.63) is 48.0 Å². The lowest BCUT2D eigenvalue weighted by Crippen LogP contribution is -2.08. The summed E-state index contributed by atoms with van der Waals surface area (Å²) in [5.74, 6) is -0.436. The van der Waals surface area contributed by atoms with Gasteiger partial charge in [-0.15, -0.1) is 0 Å². The van der Waals surface area contributed by atoms with Crippen LogP contribution in [0.2, 0.25) is 0 Å². The van der Waals surface area contributed by atoms with Gasteiger partial charge in [-0.2, -0.15) is 22.0 Å². The molecule has 106 valence electrons. The van der Waals surface area contributed by atoms with Crippen molar-refractivity contribution in [1.82, 2.24) is 4.98 Å². The Morgan fingerprint density at radius 2 is 1.65 bits per heavy atom. The predicted molar refractivity (Wildman–Crippen MR) is 61.3 cm³/mol. The number of aromatic nitrogens is 1. The van der Waals surface area contributed by atoms with Gasteiger partial charge < -0.3 is 4.74 Å². The third-order valence-electron chi connectivity index (χ3n) is 2.44. The SMILES string of the molecule is FC(F)Oc1cccc(-c2ccccc2C(F)(F)F)n1. The first-order valence-electron chi connectivity index (χ1n) is 5.46. The van der Waals surface area contributed by atoms with Crippen LogP contribution in [-0.2, 0) is 6.18 Å². The van der Waals surface area contributed by atoms with E-state index in [1.54, 1.807) is 0 Å². The molecule has 0 atom stereocenters. The van der Waals surface area contributed by atoms with Crippen LogP contribution in [-0.4, -0.2) is 11.6 Å². The highest BCUT2D eigenvalue weighted by Gasteiger charge is 2.33. The minimum Gasteiger partial charge on any atom is -0.417 e. The summed E-state index contributed by atoms with van der Waals surface area (Å²) in [6.07, 6.45) is -4.56. The summed E-state index contributed by atoms with van der Waals surface area (Å²) in [5, 5.41) is 0. The van der Waals surface area contributed by atoms with E-state index >= 15 is 0 Å². The molecule has 0 aliphatic carbocycles. The molecule has 0 radical (unpaired) electrons. The fourth-order valence-electron chi connectivity index (χ4n) is 1.68. The van der Waals surface area contributed by atoms with Crippen molar-refractivity contribution in [3.63, 3.8) is 0 Å². The number of alkyl halides is 5. The topological polar surface area (TPSA) is 22.1 Å². The highest BCUT2D eigenvalue weighted by Crippen LogP contribution is 2.36. The molecule has 20 heavy (non-hydrogen) atoms. The first-order valence-corrected chi connectivity index (χ1v) is 5.46. The third-order valence-corrected chi connectivity index (χ3v) is 2.44. The van der Waals surface area contributed by atoms with Gasteiger partial charge in [-0.3, -0.25) is 0 Å². The average molecular weight is 289 g/mol. The molecule has 0 bridgehead atoms. The second-order valence-electron chi connectivity index (χ2n) is 3.78. The Morgan fingerprint density at radius 3 is 2.30 bits per heavy atom. The Labute approximate surface area is 110 Å². The predicted octanol–water partition coefficient (Wildman–Crippen LogP) is 4.37. The number of pyridine rings is 1. The quantitative estimate of drug-likeness (QED) is 0.783. The first-order chi connectivity index (χ1) is 9.38. The van der Waals surface area contributed by atoms with E-state index in [4.69, 9.17) is 0 Å². The normalized spacial score (nSPS) is 11.7. The molecule has 7 heteroatoms. The Hall–Kier alpha value is -2.18. The zero-order valence-electron chi connectivity index (χ0n) is 9.86. The number of nitrogens with zero attached hydrogens (tertiary/aromatic N) is 1. The summed E-state index contributed by atoms with van der Waals surface area (Å²) >= 11 is 0. The van der Waals surface area contributed by atoms with Gasteiger partial charge in [0, 0.05) is 11.6 Å². The van der Waals surface area contributed by atoms with E-state index in [2.05, 4.69) is 9.72 Å². The van der Waals surface area contributed by atoms with E-state index in [-0.39, 0.29) is 11.3 Å². The maximum atomic E-state index is 12.9. The van der Waals surface area contributed by atoms with Crippen molar-refractivity contribution in [2.24, 2.45) is 0 Å². The number of ether oxygens (including phenoxy) is 1. The van der Waals surface area contributed by atoms with Crippen molar-refractivity contribution in [2.45, 2.75) is 12.8 Å². The van der Waals surface area contributed by atoms with Gasteiger partial charge in [-0.25, -0.2) is 4.98 Å². The van der Waals surface area contributed by atoms with Gasteiger partial charge >= 0.3 is 12.8 Å².